The molecule has 4 heteroatoms. The van der Waals surface area contributed by atoms with E-state index < -0.39 is 5.97 Å². The first-order chi connectivity index (χ1) is 3.27. The molecule has 0 radical (unpaired) electrons. The fourth-order valence-electron chi connectivity index (χ4n) is 0.230. The van der Waals surface area contributed by atoms with Crippen molar-refractivity contribution in [1.29, 1.82) is 0 Å². The molecule has 2 N–H and O–H groups in total. The number of rotatable bonds is 3. The molecule has 0 aromatic heterocycles. The molecule has 0 atom stereocenters. The van der Waals surface area contributed by atoms with Gasteiger partial charge >= 0.3 is 5.97 Å². The number of carbonyl (C=O) groups is 1. The Morgan fingerprint density at radius 1 is 1.50 bits per heavy atom. The molecule has 0 aliphatic rings. The summed E-state index contributed by atoms with van der Waals surface area (Å²) in [6.07, 6.45) is 0.422. The first-order valence-corrected chi connectivity index (χ1v) is 2.10. The number of hydrogen-bond acceptors (Lipinski definition) is 2. The van der Waals surface area contributed by atoms with Gasteiger partial charge in [0.15, 0.2) is 0 Å². The van der Waals surface area contributed by atoms with Crippen LogP contribution in [0.25, 0.3) is 0 Å². The summed E-state index contributed by atoms with van der Waals surface area (Å²) >= 11 is 0. The van der Waals surface area contributed by atoms with Gasteiger partial charge in [-0.1, -0.05) is 0 Å². The number of aliphatic hydroxyl groups excluding tert-OH is 1. The predicted octanol–water partition coefficient (Wildman–Crippen LogP) is -0.159. The zero-order chi connectivity index (χ0) is 5.70. The van der Waals surface area contributed by atoms with E-state index in [0.717, 1.165) is 0 Å². The van der Waals surface area contributed by atoms with E-state index in [-0.39, 0.29) is 39.2 Å². The molecule has 0 spiro atoms. The van der Waals surface area contributed by atoms with Crippen LogP contribution in [0.4, 0.5) is 0 Å². The van der Waals surface area contributed by atoms with E-state index in [0.29, 0.717) is 6.42 Å². The molecule has 0 saturated heterocycles. The monoisotopic (exact) mass is 194 g/mol. The maximum absolute atomic E-state index is 9.65. The molecule has 0 aromatic carbocycles. The Kier molecular flexibility index (Phi) is 10.2. The molecule has 0 aliphatic carbocycles. The average Bonchev–Trinajstić information content (AvgIpc) is 1.61. The Hall–Kier alpha value is 0.313. The van der Waals surface area contributed by atoms with Gasteiger partial charge in [-0.15, -0.1) is 0 Å². The van der Waals surface area contributed by atoms with Crippen molar-refractivity contribution in [2.45, 2.75) is 12.8 Å². The topological polar surface area (TPSA) is 57.5 Å². The molecular formula is C4H8O3Zr. The molecule has 46 valence electrons. The van der Waals surface area contributed by atoms with Crippen molar-refractivity contribution in [2.75, 3.05) is 6.61 Å². The van der Waals surface area contributed by atoms with E-state index in [4.69, 9.17) is 10.2 Å². The van der Waals surface area contributed by atoms with Crippen LogP contribution in [0.15, 0.2) is 0 Å². The molecule has 0 bridgehead atoms. The normalized spacial score (nSPS) is 7.62. The van der Waals surface area contributed by atoms with Crippen molar-refractivity contribution < 1.29 is 41.2 Å². The largest absolute Gasteiger partial charge is 0.481 e. The van der Waals surface area contributed by atoms with Crippen molar-refractivity contribution in [1.82, 2.24) is 0 Å². The summed E-state index contributed by atoms with van der Waals surface area (Å²) in [6.45, 7) is -0.0354. The molecule has 0 heterocycles. The Morgan fingerprint density at radius 3 is 2.12 bits per heavy atom. The molecule has 0 aromatic rings. The summed E-state index contributed by atoms with van der Waals surface area (Å²) in [6, 6.07) is 0. The molecule has 0 saturated carbocycles. The van der Waals surface area contributed by atoms with Crippen molar-refractivity contribution in [2.24, 2.45) is 0 Å². The van der Waals surface area contributed by atoms with Crippen LogP contribution >= 0.6 is 0 Å². The molecule has 3 nitrogen and oxygen atoms in total. The number of hydrogen-bond donors (Lipinski definition) is 2. The van der Waals surface area contributed by atoms with Crippen LogP contribution in [0, 0.1) is 0 Å². The van der Waals surface area contributed by atoms with Crippen LogP contribution in [0.2, 0.25) is 0 Å². The zero-order valence-electron chi connectivity index (χ0n) is 4.42. The van der Waals surface area contributed by atoms with E-state index in [2.05, 4.69) is 0 Å². The molecular weight excluding hydrogens is 187 g/mol. The first kappa shape index (κ1) is 11.2. The van der Waals surface area contributed by atoms with Gasteiger partial charge in [0, 0.05) is 39.2 Å². The fourth-order valence-corrected chi connectivity index (χ4v) is 0.230. The van der Waals surface area contributed by atoms with E-state index >= 15 is 0 Å². The van der Waals surface area contributed by atoms with E-state index in [1.165, 1.54) is 0 Å². The smallest absolute Gasteiger partial charge is 0.303 e. The van der Waals surface area contributed by atoms with Gasteiger partial charge < -0.3 is 10.2 Å². The second-order valence-electron chi connectivity index (χ2n) is 1.22. The van der Waals surface area contributed by atoms with Gasteiger partial charge in [-0.05, 0) is 6.42 Å². The maximum atomic E-state index is 9.65. The van der Waals surface area contributed by atoms with Crippen LogP contribution in [-0.2, 0) is 31.0 Å². The second-order valence-corrected chi connectivity index (χ2v) is 1.22. The minimum absolute atomic E-state index is 0. The number of carboxylic acids is 1. The van der Waals surface area contributed by atoms with Crippen LogP contribution in [0.1, 0.15) is 12.8 Å². The third kappa shape index (κ3) is 9.58. The van der Waals surface area contributed by atoms with Gasteiger partial charge in [-0.25, -0.2) is 0 Å². The second kappa shape index (κ2) is 7.31. The summed E-state index contributed by atoms with van der Waals surface area (Å²) in [5, 5.41) is 16.0. The minimum atomic E-state index is -0.853. The first-order valence-electron chi connectivity index (χ1n) is 2.10. The van der Waals surface area contributed by atoms with Crippen LogP contribution in [0.5, 0.6) is 0 Å². The van der Waals surface area contributed by atoms with E-state index in [1.54, 1.807) is 0 Å². The SMILES string of the molecule is O=C(O)CCCO.[Zr]. The molecule has 0 rings (SSSR count). The third-order valence-electron chi connectivity index (χ3n) is 0.549. The van der Waals surface area contributed by atoms with Crippen LogP contribution < -0.4 is 0 Å². The Labute approximate surface area is 66.8 Å². The van der Waals surface area contributed by atoms with Crippen molar-refractivity contribution in [3.8, 4) is 0 Å². The fraction of sp³-hybridized carbons (Fsp3) is 0.750. The molecule has 0 unspecified atom stereocenters. The predicted molar refractivity (Wildman–Crippen MR) is 24.0 cm³/mol. The summed E-state index contributed by atoms with van der Waals surface area (Å²) in [4.78, 5) is 9.65. The average molecular weight is 195 g/mol. The van der Waals surface area contributed by atoms with E-state index in [1.807, 2.05) is 0 Å². The maximum Gasteiger partial charge on any atom is 0.303 e. The van der Waals surface area contributed by atoms with Gasteiger partial charge in [-0.2, -0.15) is 0 Å². The Morgan fingerprint density at radius 2 is 2.00 bits per heavy atom. The van der Waals surface area contributed by atoms with Gasteiger partial charge in [0.25, 0.3) is 0 Å². The molecule has 0 aliphatic heterocycles. The number of carboxylic acid groups (broad SMARTS) is 1. The standard InChI is InChI=1S/C4H8O3.Zr/c5-3-1-2-4(6)7;/h5H,1-3H2,(H,6,7);. The summed E-state index contributed by atoms with van der Waals surface area (Å²) < 4.78 is 0. The Bertz CT molecular complexity index is 64.3. The molecule has 0 amide bonds. The van der Waals surface area contributed by atoms with Gasteiger partial charge in [0.05, 0.1) is 0 Å². The van der Waals surface area contributed by atoms with E-state index in [9.17, 15) is 4.79 Å². The van der Waals surface area contributed by atoms with Crippen LogP contribution in [-0.4, -0.2) is 22.8 Å². The number of aliphatic hydroxyl groups is 1. The molecule has 0 fully saturated rings. The quantitative estimate of drug-likeness (QED) is 0.658. The third-order valence-corrected chi connectivity index (χ3v) is 0.549. The summed E-state index contributed by atoms with van der Waals surface area (Å²) in [7, 11) is 0. The summed E-state index contributed by atoms with van der Waals surface area (Å²) in [5.41, 5.74) is 0. The van der Waals surface area contributed by atoms with Gasteiger partial charge in [0.1, 0.15) is 0 Å². The van der Waals surface area contributed by atoms with Gasteiger partial charge in [-0.3, -0.25) is 4.79 Å². The minimum Gasteiger partial charge on any atom is -0.481 e. The Balaban J connectivity index is 0. The van der Waals surface area contributed by atoms with Crippen molar-refractivity contribution in [3.05, 3.63) is 0 Å². The molecule has 8 heavy (non-hydrogen) atoms. The van der Waals surface area contributed by atoms with Crippen molar-refractivity contribution in [3.63, 3.8) is 0 Å². The van der Waals surface area contributed by atoms with Gasteiger partial charge in [0.2, 0.25) is 0 Å². The summed E-state index contributed by atoms with van der Waals surface area (Å²) in [5.74, 6) is -0.853. The van der Waals surface area contributed by atoms with Crippen molar-refractivity contribution >= 4 is 5.97 Å². The number of aliphatic carboxylic acids is 1. The van der Waals surface area contributed by atoms with Crippen LogP contribution in [0.3, 0.4) is 0 Å². The zero-order valence-corrected chi connectivity index (χ0v) is 6.88.